The third-order valence-corrected chi connectivity index (χ3v) is 2.96. The molecular formula is C9H14O2. The standard InChI is InChI=1S/C9H14O2/c1-4-5-9(8(10)11)6(2)7(9)3/h4-7H,1-3H3,(H,10,11). The second-order valence-electron chi connectivity index (χ2n) is 3.32. The number of aliphatic carboxylic acids is 1. The first-order valence-electron chi connectivity index (χ1n) is 3.94. The minimum absolute atomic E-state index is 0.288. The van der Waals surface area contributed by atoms with Crippen molar-refractivity contribution in [2.24, 2.45) is 17.3 Å². The molecule has 0 aromatic rings. The lowest BCUT2D eigenvalue weighted by atomic mass is 10.0. The lowest BCUT2D eigenvalue weighted by Gasteiger charge is -2.03. The predicted molar refractivity (Wildman–Crippen MR) is 43.2 cm³/mol. The Kier molecular flexibility index (Phi) is 1.78. The molecule has 2 atom stereocenters. The van der Waals surface area contributed by atoms with Crippen molar-refractivity contribution in [1.29, 1.82) is 0 Å². The van der Waals surface area contributed by atoms with Crippen LogP contribution >= 0.6 is 0 Å². The molecule has 0 amide bonds. The molecule has 0 radical (unpaired) electrons. The summed E-state index contributed by atoms with van der Waals surface area (Å²) < 4.78 is 0. The van der Waals surface area contributed by atoms with Crippen LogP contribution < -0.4 is 0 Å². The van der Waals surface area contributed by atoms with E-state index in [1.165, 1.54) is 0 Å². The van der Waals surface area contributed by atoms with Crippen LogP contribution in [0.15, 0.2) is 12.2 Å². The molecule has 0 aliphatic heterocycles. The summed E-state index contributed by atoms with van der Waals surface area (Å²) in [7, 11) is 0. The van der Waals surface area contributed by atoms with Gasteiger partial charge in [-0.05, 0) is 18.8 Å². The average molecular weight is 154 g/mol. The maximum Gasteiger partial charge on any atom is 0.314 e. The largest absolute Gasteiger partial charge is 0.481 e. The molecule has 0 aromatic heterocycles. The Balaban J connectivity index is 2.86. The number of allylic oxidation sites excluding steroid dienone is 1. The van der Waals surface area contributed by atoms with Gasteiger partial charge < -0.3 is 5.11 Å². The number of carboxylic acid groups (broad SMARTS) is 1. The number of hydrogen-bond acceptors (Lipinski definition) is 1. The molecule has 1 fully saturated rings. The molecule has 1 aliphatic rings. The van der Waals surface area contributed by atoms with Crippen molar-refractivity contribution in [3.05, 3.63) is 12.2 Å². The van der Waals surface area contributed by atoms with Gasteiger partial charge in [-0.2, -0.15) is 0 Å². The zero-order chi connectivity index (χ0) is 8.65. The molecule has 1 rings (SSSR count). The van der Waals surface area contributed by atoms with Gasteiger partial charge in [0.1, 0.15) is 0 Å². The third-order valence-electron chi connectivity index (χ3n) is 2.96. The van der Waals surface area contributed by atoms with Gasteiger partial charge in [0.2, 0.25) is 0 Å². The topological polar surface area (TPSA) is 37.3 Å². The van der Waals surface area contributed by atoms with Crippen molar-refractivity contribution in [2.75, 3.05) is 0 Å². The van der Waals surface area contributed by atoms with E-state index in [-0.39, 0.29) is 11.8 Å². The van der Waals surface area contributed by atoms with Gasteiger partial charge in [-0.1, -0.05) is 26.0 Å². The van der Waals surface area contributed by atoms with E-state index in [4.69, 9.17) is 5.11 Å². The van der Waals surface area contributed by atoms with E-state index in [9.17, 15) is 4.79 Å². The predicted octanol–water partition coefficient (Wildman–Crippen LogP) is 1.92. The molecule has 0 aromatic carbocycles. The maximum absolute atomic E-state index is 10.8. The Bertz CT molecular complexity index is 198. The van der Waals surface area contributed by atoms with Crippen LogP contribution in [0.4, 0.5) is 0 Å². The molecule has 0 heterocycles. The summed E-state index contributed by atoms with van der Waals surface area (Å²) in [5.41, 5.74) is -0.547. The van der Waals surface area contributed by atoms with Gasteiger partial charge in [-0.15, -0.1) is 0 Å². The zero-order valence-electron chi connectivity index (χ0n) is 7.16. The summed E-state index contributed by atoms with van der Waals surface area (Å²) >= 11 is 0. The minimum Gasteiger partial charge on any atom is -0.481 e. The number of carbonyl (C=O) groups is 1. The summed E-state index contributed by atoms with van der Waals surface area (Å²) in [6.07, 6.45) is 3.64. The van der Waals surface area contributed by atoms with Crippen LogP contribution in [0.25, 0.3) is 0 Å². The van der Waals surface area contributed by atoms with Gasteiger partial charge in [0.25, 0.3) is 0 Å². The first kappa shape index (κ1) is 8.31. The minimum atomic E-state index is -0.685. The highest BCUT2D eigenvalue weighted by Gasteiger charge is 2.63. The second kappa shape index (κ2) is 2.36. The summed E-state index contributed by atoms with van der Waals surface area (Å²) in [5.74, 6) is -0.108. The Labute approximate surface area is 66.9 Å². The van der Waals surface area contributed by atoms with E-state index in [0.29, 0.717) is 0 Å². The quantitative estimate of drug-likeness (QED) is 0.617. The molecule has 1 aliphatic carbocycles. The molecule has 2 nitrogen and oxygen atoms in total. The maximum atomic E-state index is 10.8. The Hall–Kier alpha value is -0.790. The van der Waals surface area contributed by atoms with Crippen molar-refractivity contribution >= 4 is 5.97 Å². The average Bonchev–Trinajstić information content (AvgIpc) is 2.43. The fourth-order valence-electron chi connectivity index (χ4n) is 1.85. The van der Waals surface area contributed by atoms with E-state index in [1.54, 1.807) is 0 Å². The van der Waals surface area contributed by atoms with Crippen LogP contribution in [0.2, 0.25) is 0 Å². The fourth-order valence-corrected chi connectivity index (χ4v) is 1.85. The monoisotopic (exact) mass is 154 g/mol. The SMILES string of the molecule is CC=CC1(C(=O)O)C(C)C1C. The number of rotatable bonds is 2. The highest BCUT2D eigenvalue weighted by atomic mass is 16.4. The molecule has 2 heteroatoms. The molecule has 1 saturated carbocycles. The third kappa shape index (κ3) is 0.889. The fraction of sp³-hybridized carbons (Fsp3) is 0.667. The highest BCUT2D eigenvalue weighted by molar-refractivity contribution is 5.81. The normalized spacial score (nSPS) is 42.8. The molecule has 1 N–H and O–H groups in total. The van der Waals surface area contributed by atoms with E-state index in [0.717, 1.165) is 0 Å². The van der Waals surface area contributed by atoms with Crippen molar-refractivity contribution in [2.45, 2.75) is 20.8 Å². The molecule has 0 spiro atoms. The van der Waals surface area contributed by atoms with Crippen LogP contribution in [0.5, 0.6) is 0 Å². The van der Waals surface area contributed by atoms with Crippen molar-refractivity contribution in [3.63, 3.8) is 0 Å². The van der Waals surface area contributed by atoms with Gasteiger partial charge in [-0.25, -0.2) is 0 Å². The van der Waals surface area contributed by atoms with Gasteiger partial charge in [0, 0.05) is 0 Å². The van der Waals surface area contributed by atoms with Crippen LogP contribution in [-0.2, 0) is 4.79 Å². The van der Waals surface area contributed by atoms with E-state index < -0.39 is 11.4 Å². The summed E-state index contributed by atoms with van der Waals surface area (Å²) in [4.78, 5) is 10.8. The van der Waals surface area contributed by atoms with Gasteiger partial charge in [0.05, 0.1) is 5.41 Å². The highest BCUT2D eigenvalue weighted by Crippen LogP contribution is 2.59. The Morgan fingerprint density at radius 2 is 1.91 bits per heavy atom. The second-order valence-corrected chi connectivity index (χ2v) is 3.32. The van der Waals surface area contributed by atoms with E-state index in [1.807, 2.05) is 32.9 Å². The molecule has 11 heavy (non-hydrogen) atoms. The molecular weight excluding hydrogens is 140 g/mol. The van der Waals surface area contributed by atoms with Crippen molar-refractivity contribution in [3.8, 4) is 0 Å². The lowest BCUT2D eigenvalue weighted by molar-refractivity contribution is -0.142. The summed E-state index contributed by atoms with van der Waals surface area (Å²) in [5, 5.41) is 8.92. The smallest absolute Gasteiger partial charge is 0.314 e. The molecule has 0 saturated heterocycles. The lowest BCUT2D eigenvalue weighted by Crippen LogP contribution is -2.15. The number of carboxylic acids is 1. The van der Waals surface area contributed by atoms with E-state index >= 15 is 0 Å². The molecule has 62 valence electrons. The zero-order valence-corrected chi connectivity index (χ0v) is 7.16. The first-order valence-corrected chi connectivity index (χ1v) is 3.94. The molecule has 2 unspecified atom stereocenters. The van der Waals surface area contributed by atoms with Crippen molar-refractivity contribution in [1.82, 2.24) is 0 Å². The van der Waals surface area contributed by atoms with E-state index in [2.05, 4.69) is 0 Å². The number of hydrogen-bond donors (Lipinski definition) is 1. The first-order chi connectivity index (χ1) is 5.07. The summed E-state index contributed by atoms with van der Waals surface area (Å²) in [6, 6.07) is 0. The Morgan fingerprint density at radius 1 is 1.45 bits per heavy atom. The molecule has 0 bridgehead atoms. The van der Waals surface area contributed by atoms with Gasteiger partial charge >= 0.3 is 5.97 Å². The van der Waals surface area contributed by atoms with Crippen LogP contribution in [0.1, 0.15) is 20.8 Å². The summed E-state index contributed by atoms with van der Waals surface area (Å²) in [6.45, 7) is 5.83. The van der Waals surface area contributed by atoms with Crippen LogP contribution in [0, 0.1) is 17.3 Å². The Morgan fingerprint density at radius 3 is 2.00 bits per heavy atom. The van der Waals surface area contributed by atoms with Gasteiger partial charge in [-0.3, -0.25) is 4.79 Å². The van der Waals surface area contributed by atoms with Crippen LogP contribution in [0.3, 0.4) is 0 Å². The van der Waals surface area contributed by atoms with Crippen molar-refractivity contribution < 1.29 is 9.90 Å². The van der Waals surface area contributed by atoms with Crippen LogP contribution in [-0.4, -0.2) is 11.1 Å². The van der Waals surface area contributed by atoms with Gasteiger partial charge in [0.15, 0.2) is 0 Å².